The van der Waals surface area contributed by atoms with E-state index in [9.17, 15) is 14.7 Å². The average molecular weight is 344 g/mol. The molecule has 1 N–H and O–H groups in total. The number of aryl methyl sites for hydroxylation is 2. The van der Waals surface area contributed by atoms with Gasteiger partial charge in [0.05, 0.1) is 12.9 Å². The van der Waals surface area contributed by atoms with Crippen LogP contribution in [0.2, 0.25) is 0 Å². The second-order valence-corrected chi connectivity index (χ2v) is 6.05. The van der Waals surface area contributed by atoms with Crippen LogP contribution in [0.3, 0.4) is 0 Å². The monoisotopic (exact) mass is 344 g/mol. The Morgan fingerprint density at radius 1 is 1.16 bits per heavy atom. The minimum absolute atomic E-state index is 0.0782. The van der Waals surface area contributed by atoms with Crippen LogP contribution < -0.4 is 16.0 Å². The Morgan fingerprint density at radius 2 is 1.84 bits per heavy atom. The molecule has 0 bridgehead atoms. The van der Waals surface area contributed by atoms with Gasteiger partial charge in [-0.1, -0.05) is 17.7 Å². The Kier molecular flexibility index (Phi) is 4.45. The van der Waals surface area contributed by atoms with Crippen molar-refractivity contribution in [2.24, 2.45) is 14.1 Å². The van der Waals surface area contributed by atoms with Crippen molar-refractivity contribution in [1.82, 2.24) is 18.7 Å². The molecular weight excluding hydrogens is 324 g/mol. The number of nitrogens with zero attached hydrogens (tertiary/aromatic N) is 4. The van der Waals surface area contributed by atoms with E-state index >= 15 is 0 Å². The smallest absolute Gasteiger partial charge is 0.332 e. The molecule has 0 unspecified atom stereocenters. The average Bonchev–Trinajstić information content (AvgIpc) is 3.01. The molecule has 0 amide bonds. The van der Waals surface area contributed by atoms with Gasteiger partial charge in [0.15, 0.2) is 11.2 Å². The van der Waals surface area contributed by atoms with E-state index in [1.54, 1.807) is 11.6 Å². The van der Waals surface area contributed by atoms with Gasteiger partial charge in [0.25, 0.3) is 5.56 Å². The van der Waals surface area contributed by atoms with Crippen molar-refractivity contribution >= 4 is 11.2 Å². The number of hydrogen-bond acceptors (Lipinski definition) is 5. The van der Waals surface area contributed by atoms with Gasteiger partial charge in [-0.15, -0.1) is 0 Å². The van der Waals surface area contributed by atoms with Crippen LogP contribution in [0.15, 0.2) is 40.2 Å². The van der Waals surface area contributed by atoms with E-state index in [-0.39, 0.29) is 18.7 Å². The molecule has 8 nitrogen and oxygen atoms in total. The van der Waals surface area contributed by atoms with Gasteiger partial charge >= 0.3 is 5.69 Å². The van der Waals surface area contributed by atoms with E-state index in [0.29, 0.717) is 11.4 Å². The lowest BCUT2D eigenvalue weighted by Crippen LogP contribution is -2.38. The van der Waals surface area contributed by atoms with E-state index < -0.39 is 17.4 Å². The fourth-order valence-electron chi connectivity index (χ4n) is 2.64. The number of aliphatic hydroxyl groups excluding tert-OH is 1. The molecule has 0 aliphatic rings. The first-order valence-electron chi connectivity index (χ1n) is 7.87. The number of fused-ring (bicyclic) bond motifs is 1. The summed E-state index contributed by atoms with van der Waals surface area (Å²) in [5.74, 6) is 0.665. The van der Waals surface area contributed by atoms with E-state index in [2.05, 4.69) is 4.98 Å². The van der Waals surface area contributed by atoms with Crippen molar-refractivity contribution < 1.29 is 9.84 Å². The van der Waals surface area contributed by atoms with Gasteiger partial charge in [0.1, 0.15) is 18.5 Å². The summed E-state index contributed by atoms with van der Waals surface area (Å²) in [7, 11) is 2.97. The third-order valence-corrected chi connectivity index (χ3v) is 4.09. The van der Waals surface area contributed by atoms with Crippen LogP contribution >= 0.6 is 0 Å². The molecule has 132 valence electrons. The van der Waals surface area contributed by atoms with Crippen LogP contribution in [0, 0.1) is 6.92 Å². The maximum atomic E-state index is 12.4. The number of ether oxygens (including phenoxy) is 1. The molecule has 3 rings (SSSR count). The fraction of sp³-hybridized carbons (Fsp3) is 0.353. The lowest BCUT2D eigenvalue weighted by molar-refractivity contribution is 0.0933. The van der Waals surface area contributed by atoms with E-state index in [0.717, 1.165) is 10.1 Å². The minimum Gasteiger partial charge on any atom is -0.491 e. The van der Waals surface area contributed by atoms with Gasteiger partial charge in [-0.05, 0) is 19.1 Å². The third-order valence-electron chi connectivity index (χ3n) is 4.09. The van der Waals surface area contributed by atoms with E-state index in [4.69, 9.17) is 4.74 Å². The first kappa shape index (κ1) is 17.0. The van der Waals surface area contributed by atoms with Gasteiger partial charge in [0.2, 0.25) is 0 Å². The molecule has 1 atom stereocenters. The Bertz CT molecular complexity index is 1010. The summed E-state index contributed by atoms with van der Waals surface area (Å²) in [6.07, 6.45) is 0.612. The quantitative estimate of drug-likeness (QED) is 0.713. The molecule has 25 heavy (non-hydrogen) atoms. The topological polar surface area (TPSA) is 91.3 Å². The SMILES string of the molecule is Cc1ccc(OC[C@H](O)Cn2cnc3c2c(=O)n(C)c(=O)n3C)cc1. The summed E-state index contributed by atoms with van der Waals surface area (Å²) in [5.41, 5.74) is 0.811. The summed E-state index contributed by atoms with van der Waals surface area (Å²) >= 11 is 0. The molecule has 0 aliphatic carbocycles. The zero-order valence-corrected chi connectivity index (χ0v) is 14.3. The summed E-state index contributed by atoms with van der Waals surface area (Å²) < 4.78 is 9.43. The van der Waals surface area contributed by atoms with Crippen LogP contribution in [-0.2, 0) is 20.6 Å². The molecule has 0 aliphatic heterocycles. The zero-order valence-electron chi connectivity index (χ0n) is 14.3. The maximum Gasteiger partial charge on any atom is 0.332 e. The first-order chi connectivity index (χ1) is 11.9. The summed E-state index contributed by atoms with van der Waals surface area (Å²) in [6, 6.07) is 7.52. The predicted octanol–water partition coefficient (Wildman–Crippen LogP) is 0.182. The summed E-state index contributed by atoms with van der Waals surface area (Å²) in [6.45, 7) is 2.20. The molecule has 0 spiro atoms. The molecule has 3 aromatic rings. The molecule has 0 radical (unpaired) electrons. The minimum atomic E-state index is -0.833. The Balaban J connectivity index is 1.80. The largest absolute Gasteiger partial charge is 0.491 e. The first-order valence-corrected chi connectivity index (χ1v) is 7.87. The van der Waals surface area contributed by atoms with Crippen LogP contribution in [0.25, 0.3) is 11.2 Å². The van der Waals surface area contributed by atoms with E-state index in [1.807, 2.05) is 31.2 Å². The number of hydrogen-bond donors (Lipinski definition) is 1. The van der Waals surface area contributed by atoms with Crippen molar-refractivity contribution in [3.63, 3.8) is 0 Å². The fourth-order valence-corrected chi connectivity index (χ4v) is 2.64. The number of benzene rings is 1. The summed E-state index contributed by atoms with van der Waals surface area (Å²) in [4.78, 5) is 28.4. The van der Waals surface area contributed by atoms with Gasteiger partial charge in [-0.3, -0.25) is 13.9 Å². The second-order valence-electron chi connectivity index (χ2n) is 6.05. The van der Waals surface area contributed by atoms with E-state index in [1.165, 1.54) is 17.9 Å². The molecule has 0 saturated heterocycles. The van der Waals surface area contributed by atoms with Crippen LogP contribution in [0.1, 0.15) is 5.56 Å². The van der Waals surface area contributed by atoms with Crippen LogP contribution in [0.4, 0.5) is 0 Å². The normalized spacial score (nSPS) is 12.5. The molecule has 0 fully saturated rings. The number of aromatic nitrogens is 4. The number of imidazole rings is 1. The van der Waals surface area contributed by atoms with Gasteiger partial charge in [-0.2, -0.15) is 0 Å². The molecular formula is C17H20N4O4. The van der Waals surface area contributed by atoms with Gasteiger partial charge in [0, 0.05) is 14.1 Å². The van der Waals surface area contributed by atoms with Crippen molar-refractivity contribution in [3.05, 3.63) is 57.0 Å². The van der Waals surface area contributed by atoms with Crippen LogP contribution in [-0.4, -0.2) is 36.5 Å². The van der Waals surface area contributed by atoms with Crippen molar-refractivity contribution in [2.75, 3.05) is 6.61 Å². The molecule has 1 aromatic carbocycles. The Labute approximate surface area is 143 Å². The van der Waals surface area contributed by atoms with Crippen molar-refractivity contribution in [2.45, 2.75) is 19.6 Å². The summed E-state index contributed by atoms with van der Waals surface area (Å²) in [5, 5.41) is 10.2. The predicted molar refractivity (Wildman–Crippen MR) is 92.9 cm³/mol. The standard InChI is InChI=1S/C17H20N4O4/c1-11-4-6-13(7-5-11)25-9-12(22)8-21-10-18-15-14(21)16(23)20(3)17(24)19(15)2/h4-7,10,12,22H,8-9H2,1-3H3/t12-/m1/s1. The third kappa shape index (κ3) is 3.20. The highest BCUT2D eigenvalue weighted by Crippen LogP contribution is 2.12. The molecule has 2 heterocycles. The Hall–Kier alpha value is -2.87. The molecule has 2 aromatic heterocycles. The maximum absolute atomic E-state index is 12.4. The molecule has 0 saturated carbocycles. The van der Waals surface area contributed by atoms with Crippen molar-refractivity contribution in [1.29, 1.82) is 0 Å². The highest BCUT2D eigenvalue weighted by Gasteiger charge is 2.16. The number of aliphatic hydroxyl groups is 1. The lowest BCUT2D eigenvalue weighted by Gasteiger charge is -2.14. The number of rotatable bonds is 5. The van der Waals surface area contributed by atoms with Crippen molar-refractivity contribution in [3.8, 4) is 5.75 Å². The molecule has 8 heteroatoms. The highest BCUT2D eigenvalue weighted by molar-refractivity contribution is 5.69. The zero-order chi connectivity index (χ0) is 18.1. The van der Waals surface area contributed by atoms with Gasteiger partial charge < -0.3 is 14.4 Å². The van der Waals surface area contributed by atoms with Crippen LogP contribution in [0.5, 0.6) is 5.75 Å². The Morgan fingerprint density at radius 3 is 2.52 bits per heavy atom. The second kappa shape index (κ2) is 6.56. The van der Waals surface area contributed by atoms with Gasteiger partial charge in [-0.25, -0.2) is 9.78 Å². The highest BCUT2D eigenvalue weighted by atomic mass is 16.5. The lowest BCUT2D eigenvalue weighted by atomic mass is 10.2.